The summed E-state index contributed by atoms with van der Waals surface area (Å²) in [6.45, 7) is 0. The van der Waals surface area contributed by atoms with Gasteiger partial charge >= 0.3 is 0 Å². The van der Waals surface area contributed by atoms with Gasteiger partial charge in [-0.25, -0.2) is 4.98 Å². The Morgan fingerprint density at radius 3 is 1.50 bits per heavy atom. The van der Waals surface area contributed by atoms with Crippen molar-refractivity contribution in [3.63, 3.8) is 0 Å². The molecule has 0 saturated carbocycles. The fraction of sp³-hybridized carbons (Fsp3) is 0. The lowest BCUT2D eigenvalue weighted by Crippen LogP contribution is -2.09. The van der Waals surface area contributed by atoms with Crippen molar-refractivity contribution >= 4 is 60.5 Å². The van der Waals surface area contributed by atoms with Gasteiger partial charge in [-0.2, -0.15) is 0 Å². The van der Waals surface area contributed by atoms with E-state index in [9.17, 15) is 0 Å². The van der Waals surface area contributed by atoms with Gasteiger partial charge in [0, 0.05) is 28.0 Å². The Hall–Kier alpha value is -6.97. The lowest BCUT2D eigenvalue weighted by atomic mass is 9.93. The van der Waals surface area contributed by atoms with Gasteiger partial charge < -0.3 is 9.32 Å². The summed E-state index contributed by atoms with van der Waals surface area (Å²) >= 11 is 0. The molecule has 10 rings (SSSR count). The Morgan fingerprint density at radius 2 is 0.846 bits per heavy atom. The number of benzene rings is 9. The van der Waals surface area contributed by atoms with Gasteiger partial charge in [0.15, 0.2) is 5.58 Å². The first-order valence-electron chi connectivity index (χ1n) is 17.6. The third kappa shape index (κ3) is 5.10. The van der Waals surface area contributed by atoms with Crippen LogP contribution < -0.4 is 4.90 Å². The molecule has 0 radical (unpaired) electrons. The first-order chi connectivity index (χ1) is 25.8. The summed E-state index contributed by atoms with van der Waals surface area (Å²) in [6, 6.07) is 68.8. The maximum atomic E-state index is 6.37. The van der Waals surface area contributed by atoms with Crippen molar-refractivity contribution in [2.75, 3.05) is 4.90 Å². The average molecular weight is 665 g/mol. The number of fused-ring (bicyclic) bond motifs is 6. The Morgan fingerprint density at radius 1 is 0.365 bits per heavy atom. The van der Waals surface area contributed by atoms with Gasteiger partial charge in [-0.1, -0.05) is 133 Å². The molecule has 10 aromatic rings. The molecule has 1 aromatic heterocycles. The summed E-state index contributed by atoms with van der Waals surface area (Å²) < 4.78 is 6.37. The molecule has 244 valence electrons. The summed E-state index contributed by atoms with van der Waals surface area (Å²) in [5, 5.41) is 7.26. The van der Waals surface area contributed by atoms with Gasteiger partial charge in [-0.3, -0.25) is 0 Å². The maximum absolute atomic E-state index is 6.37. The minimum atomic E-state index is 0.631. The van der Waals surface area contributed by atoms with E-state index >= 15 is 0 Å². The zero-order valence-corrected chi connectivity index (χ0v) is 28.3. The molecule has 0 spiro atoms. The second-order valence-corrected chi connectivity index (χ2v) is 13.2. The number of nitrogens with zero attached hydrogens (tertiary/aromatic N) is 2. The highest BCUT2D eigenvalue weighted by Crippen LogP contribution is 2.41. The minimum Gasteiger partial charge on any atom is -0.435 e. The van der Waals surface area contributed by atoms with Crippen molar-refractivity contribution in [2.45, 2.75) is 0 Å². The predicted octanol–water partition coefficient (Wildman–Crippen LogP) is 13.8. The lowest BCUT2D eigenvalue weighted by Gasteiger charge is -2.26. The molecule has 0 N–H and O–H groups in total. The van der Waals surface area contributed by atoms with Crippen LogP contribution in [0, 0.1) is 0 Å². The number of oxazole rings is 1. The summed E-state index contributed by atoms with van der Waals surface area (Å²) in [7, 11) is 0. The second-order valence-electron chi connectivity index (χ2n) is 13.2. The molecular weight excluding hydrogens is 633 g/mol. The van der Waals surface area contributed by atoms with Gasteiger partial charge in [0.05, 0.1) is 0 Å². The molecule has 0 aliphatic heterocycles. The van der Waals surface area contributed by atoms with Crippen molar-refractivity contribution in [1.82, 2.24) is 4.98 Å². The molecule has 0 bridgehead atoms. The zero-order valence-electron chi connectivity index (χ0n) is 28.3. The molecule has 0 saturated heterocycles. The van der Waals surface area contributed by atoms with E-state index in [-0.39, 0.29) is 0 Å². The molecule has 0 unspecified atom stereocenters. The van der Waals surface area contributed by atoms with E-state index < -0.39 is 0 Å². The van der Waals surface area contributed by atoms with Crippen LogP contribution in [-0.2, 0) is 0 Å². The normalized spacial score (nSPS) is 11.5. The minimum absolute atomic E-state index is 0.631. The van der Waals surface area contributed by atoms with Crippen LogP contribution in [-0.4, -0.2) is 4.98 Å². The number of hydrogen-bond acceptors (Lipinski definition) is 3. The van der Waals surface area contributed by atoms with Crippen LogP contribution in [0.2, 0.25) is 0 Å². The number of anilines is 3. The fourth-order valence-corrected chi connectivity index (χ4v) is 7.59. The summed E-state index contributed by atoms with van der Waals surface area (Å²) in [5.74, 6) is 0.631. The molecule has 0 aliphatic rings. The monoisotopic (exact) mass is 664 g/mol. The van der Waals surface area contributed by atoms with Gasteiger partial charge in [0.1, 0.15) is 5.52 Å². The maximum Gasteiger partial charge on any atom is 0.227 e. The lowest BCUT2D eigenvalue weighted by molar-refractivity contribution is 0.623. The van der Waals surface area contributed by atoms with E-state index in [1.807, 2.05) is 30.3 Å². The molecule has 0 fully saturated rings. The summed E-state index contributed by atoms with van der Waals surface area (Å²) in [5.41, 5.74) is 10.6. The number of aromatic nitrogens is 1. The molecule has 0 amide bonds. The first kappa shape index (κ1) is 29.9. The molecule has 0 atom stereocenters. The number of hydrogen-bond donors (Lipinski definition) is 0. The van der Waals surface area contributed by atoms with E-state index in [0.717, 1.165) is 55.6 Å². The summed E-state index contributed by atoms with van der Waals surface area (Å²) in [6.07, 6.45) is 0. The average Bonchev–Trinajstić information content (AvgIpc) is 3.67. The Bertz CT molecular complexity index is 2880. The smallest absolute Gasteiger partial charge is 0.227 e. The van der Waals surface area contributed by atoms with Crippen LogP contribution in [0.15, 0.2) is 199 Å². The Kier molecular flexibility index (Phi) is 7.14. The highest BCUT2D eigenvalue weighted by Gasteiger charge is 2.17. The van der Waals surface area contributed by atoms with E-state index in [2.05, 4.69) is 169 Å². The van der Waals surface area contributed by atoms with Crippen LogP contribution >= 0.6 is 0 Å². The van der Waals surface area contributed by atoms with Crippen molar-refractivity contribution in [1.29, 1.82) is 0 Å². The van der Waals surface area contributed by atoms with Crippen LogP contribution in [0.25, 0.3) is 77.1 Å². The van der Waals surface area contributed by atoms with Crippen LogP contribution in [0.5, 0.6) is 0 Å². The second kappa shape index (κ2) is 12.4. The van der Waals surface area contributed by atoms with Crippen LogP contribution in [0.4, 0.5) is 17.1 Å². The van der Waals surface area contributed by atoms with E-state index in [0.29, 0.717) is 5.89 Å². The zero-order chi connectivity index (χ0) is 34.4. The van der Waals surface area contributed by atoms with Crippen molar-refractivity contribution in [2.24, 2.45) is 0 Å². The highest BCUT2D eigenvalue weighted by atomic mass is 16.3. The van der Waals surface area contributed by atoms with Crippen molar-refractivity contribution in [3.05, 3.63) is 194 Å². The van der Waals surface area contributed by atoms with Gasteiger partial charge in [0.2, 0.25) is 5.89 Å². The molecular formula is C49H32N2O. The van der Waals surface area contributed by atoms with E-state index in [4.69, 9.17) is 9.40 Å². The fourth-order valence-electron chi connectivity index (χ4n) is 7.59. The number of para-hydroxylation sites is 1. The van der Waals surface area contributed by atoms with Crippen LogP contribution in [0.1, 0.15) is 0 Å². The molecule has 3 nitrogen and oxygen atoms in total. The molecule has 3 heteroatoms. The quantitative estimate of drug-likeness (QED) is 0.166. The molecule has 52 heavy (non-hydrogen) atoms. The molecule has 0 aliphatic carbocycles. The Balaban J connectivity index is 1.05. The first-order valence-corrected chi connectivity index (χ1v) is 17.6. The Labute approximate surface area is 301 Å². The SMILES string of the molecule is c1ccc(-c2nc3cc(-c4ccc(N(c5ccccc5)c5ccc(-c6cc7ccccc7c7ccccc67)cc5)cc4)c4ccccc4c3o2)cc1. The topological polar surface area (TPSA) is 29.3 Å². The van der Waals surface area contributed by atoms with Gasteiger partial charge in [-0.05, 0) is 110 Å². The highest BCUT2D eigenvalue weighted by molar-refractivity contribution is 6.14. The largest absolute Gasteiger partial charge is 0.435 e. The predicted molar refractivity (Wildman–Crippen MR) is 218 cm³/mol. The molecule has 9 aromatic carbocycles. The van der Waals surface area contributed by atoms with Crippen molar-refractivity contribution in [3.8, 4) is 33.7 Å². The summed E-state index contributed by atoms with van der Waals surface area (Å²) in [4.78, 5) is 7.25. The van der Waals surface area contributed by atoms with Gasteiger partial charge in [-0.15, -0.1) is 0 Å². The third-order valence-electron chi connectivity index (χ3n) is 10.1. The standard InChI is InChI=1S/C49H32N2O/c1-3-13-35(14-4-1)49-50-47-32-46(43-21-11-12-22-44(43)48(47)52-49)34-25-29-39(30-26-34)51(37-16-5-2-6-17-37)38-27-23-33(24-28-38)45-31-36-15-7-8-18-40(36)41-19-9-10-20-42(41)45/h1-32H. The van der Waals surface area contributed by atoms with E-state index in [1.54, 1.807) is 0 Å². The van der Waals surface area contributed by atoms with Gasteiger partial charge in [0.25, 0.3) is 0 Å². The van der Waals surface area contributed by atoms with E-state index in [1.165, 1.54) is 32.7 Å². The molecule has 1 heterocycles. The van der Waals surface area contributed by atoms with Crippen molar-refractivity contribution < 1.29 is 4.42 Å². The third-order valence-corrected chi connectivity index (χ3v) is 10.1. The number of rotatable bonds is 6. The van der Waals surface area contributed by atoms with Crippen LogP contribution in [0.3, 0.4) is 0 Å².